The number of rotatable bonds is 3. The van der Waals surface area contributed by atoms with E-state index in [4.69, 9.17) is 4.74 Å². The number of pyridine rings is 1. The van der Waals surface area contributed by atoms with E-state index in [0.29, 0.717) is 0 Å². The molecular weight excluding hydrogens is 284 g/mol. The molecule has 0 aliphatic carbocycles. The smallest absolute Gasteiger partial charge is 0.123 e. The van der Waals surface area contributed by atoms with Gasteiger partial charge < -0.3 is 9.64 Å². The number of aryl methyl sites for hydroxylation is 1. The number of nitrogens with zero attached hydrogens (tertiary/aromatic N) is 2. The fourth-order valence-corrected chi connectivity index (χ4v) is 3.81. The Kier molecular flexibility index (Phi) is 4.04. The molecular formula is C20H24N2O. The molecule has 0 saturated carbocycles. The van der Waals surface area contributed by atoms with Crippen LogP contribution in [0, 0.1) is 0 Å². The Hall–Kier alpha value is -1.87. The van der Waals surface area contributed by atoms with Crippen molar-refractivity contribution in [3.63, 3.8) is 0 Å². The van der Waals surface area contributed by atoms with Crippen LogP contribution in [0.4, 0.5) is 0 Å². The maximum absolute atomic E-state index is 6.43. The van der Waals surface area contributed by atoms with Gasteiger partial charge in [-0.15, -0.1) is 0 Å². The Morgan fingerprint density at radius 2 is 1.83 bits per heavy atom. The Morgan fingerprint density at radius 3 is 2.65 bits per heavy atom. The number of para-hydroxylation sites is 1. The van der Waals surface area contributed by atoms with Crippen molar-refractivity contribution in [1.29, 1.82) is 0 Å². The summed E-state index contributed by atoms with van der Waals surface area (Å²) in [6, 6.07) is 14.7. The molecule has 23 heavy (non-hydrogen) atoms. The molecule has 3 heteroatoms. The predicted octanol–water partition coefficient (Wildman–Crippen LogP) is 3.48. The highest BCUT2D eigenvalue weighted by Gasteiger charge is 2.39. The van der Waals surface area contributed by atoms with Gasteiger partial charge in [0.1, 0.15) is 11.4 Å². The first-order valence-electron chi connectivity index (χ1n) is 8.72. The third kappa shape index (κ3) is 3.25. The second-order valence-electron chi connectivity index (χ2n) is 6.81. The van der Waals surface area contributed by atoms with Crippen molar-refractivity contribution in [2.24, 2.45) is 0 Å². The van der Waals surface area contributed by atoms with Crippen LogP contribution in [-0.4, -0.2) is 35.1 Å². The van der Waals surface area contributed by atoms with E-state index >= 15 is 0 Å². The van der Waals surface area contributed by atoms with Gasteiger partial charge in [0, 0.05) is 37.9 Å². The van der Waals surface area contributed by atoms with E-state index in [1.54, 1.807) is 0 Å². The van der Waals surface area contributed by atoms with Crippen molar-refractivity contribution in [2.75, 3.05) is 19.6 Å². The van der Waals surface area contributed by atoms with Crippen LogP contribution in [0.3, 0.4) is 0 Å². The molecule has 0 amide bonds. The summed E-state index contributed by atoms with van der Waals surface area (Å²) in [5, 5.41) is 0. The van der Waals surface area contributed by atoms with E-state index in [1.807, 2.05) is 12.3 Å². The summed E-state index contributed by atoms with van der Waals surface area (Å²) in [6.07, 6.45) is 7.53. The van der Waals surface area contributed by atoms with Crippen molar-refractivity contribution in [1.82, 2.24) is 9.88 Å². The highest BCUT2D eigenvalue weighted by atomic mass is 16.5. The second-order valence-corrected chi connectivity index (χ2v) is 6.81. The molecule has 2 aromatic rings. The molecule has 1 fully saturated rings. The van der Waals surface area contributed by atoms with Crippen LogP contribution in [0.25, 0.3) is 0 Å². The average Bonchev–Trinajstić information content (AvgIpc) is 2.62. The number of likely N-dealkylation sites (tertiary alicyclic amines) is 1. The average molecular weight is 308 g/mol. The summed E-state index contributed by atoms with van der Waals surface area (Å²) < 4.78 is 6.43. The molecule has 0 unspecified atom stereocenters. The zero-order chi connectivity index (χ0) is 15.5. The lowest BCUT2D eigenvalue weighted by Crippen LogP contribution is -2.50. The molecule has 3 heterocycles. The SMILES string of the molecule is c1ccc(CCN2CCC3(CCc4ccccc4O3)CC2)nc1. The van der Waals surface area contributed by atoms with Crippen LogP contribution in [-0.2, 0) is 12.8 Å². The van der Waals surface area contributed by atoms with E-state index in [-0.39, 0.29) is 5.60 Å². The number of benzene rings is 1. The highest BCUT2D eigenvalue weighted by molar-refractivity contribution is 5.36. The molecule has 0 atom stereocenters. The van der Waals surface area contributed by atoms with Gasteiger partial charge in [0.25, 0.3) is 0 Å². The fraction of sp³-hybridized carbons (Fsp3) is 0.450. The van der Waals surface area contributed by atoms with Crippen LogP contribution in [0.5, 0.6) is 5.75 Å². The summed E-state index contributed by atoms with van der Waals surface area (Å²) in [5.41, 5.74) is 2.64. The van der Waals surface area contributed by atoms with Crippen LogP contribution in [0.2, 0.25) is 0 Å². The monoisotopic (exact) mass is 308 g/mol. The summed E-state index contributed by atoms with van der Waals surface area (Å²) >= 11 is 0. The maximum Gasteiger partial charge on any atom is 0.123 e. The zero-order valence-electron chi connectivity index (χ0n) is 13.6. The van der Waals surface area contributed by atoms with E-state index < -0.39 is 0 Å². The predicted molar refractivity (Wildman–Crippen MR) is 91.7 cm³/mol. The molecule has 1 aromatic heterocycles. The summed E-state index contributed by atoms with van der Waals surface area (Å²) in [5.74, 6) is 1.11. The molecule has 0 radical (unpaired) electrons. The maximum atomic E-state index is 6.43. The van der Waals surface area contributed by atoms with Crippen LogP contribution in [0.15, 0.2) is 48.7 Å². The topological polar surface area (TPSA) is 25.4 Å². The minimum atomic E-state index is 0.0792. The van der Waals surface area contributed by atoms with Crippen molar-refractivity contribution in [3.8, 4) is 5.75 Å². The molecule has 2 aliphatic rings. The third-order valence-electron chi connectivity index (χ3n) is 5.33. The Balaban J connectivity index is 1.33. The molecule has 1 saturated heterocycles. The number of hydrogen-bond acceptors (Lipinski definition) is 3. The Bertz CT molecular complexity index is 648. The summed E-state index contributed by atoms with van der Waals surface area (Å²) in [7, 11) is 0. The number of piperidine rings is 1. The summed E-state index contributed by atoms with van der Waals surface area (Å²) in [4.78, 5) is 6.98. The molecule has 120 valence electrons. The van der Waals surface area contributed by atoms with Crippen LogP contribution >= 0.6 is 0 Å². The van der Waals surface area contributed by atoms with Gasteiger partial charge in [-0.25, -0.2) is 0 Å². The summed E-state index contributed by atoms with van der Waals surface area (Å²) in [6.45, 7) is 3.37. The van der Waals surface area contributed by atoms with Gasteiger partial charge in [-0.2, -0.15) is 0 Å². The molecule has 1 aromatic carbocycles. The fourth-order valence-electron chi connectivity index (χ4n) is 3.81. The number of hydrogen-bond donors (Lipinski definition) is 0. The van der Waals surface area contributed by atoms with E-state index in [0.717, 1.165) is 57.5 Å². The lowest BCUT2D eigenvalue weighted by atomic mass is 9.83. The highest BCUT2D eigenvalue weighted by Crippen LogP contribution is 2.39. The van der Waals surface area contributed by atoms with Gasteiger partial charge in [0.15, 0.2) is 0 Å². The Labute approximate surface area is 138 Å². The van der Waals surface area contributed by atoms with Crippen molar-refractivity contribution in [3.05, 3.63) is 59.9 Å². The first-order valence-corrected chi connectivity index (χ1v) is 8.72. The number of fused-ring (bicyclic) bond motifs is 1. The van der Waals surface area contributed by atoms with E-state index in [2.05, 4.69) is 46.3 Å². The standard InChI is InChI=1S/C20H24N2O/c1-2-7-19-17(5-1)8-10-20(23-19)11-15-22(16-12-20)14-9-18-6-3-4-13-21-18/h1-7,13H,8-12,14-16H2. The van der Waals surface area contributed by atoms with Crippen LogP contribution < -0.4 is 4.74 Å². The molecule has 2 aliphatic heterocycles. The van der Waals surface area contributed by atoms with Crippen LogP contribution in [0.1, 0.15) is 30.5 Å². The third-order valence-corrected chi connectivity index (χ3v) is 5.33. The van der Waals surface area contributed by atoms with Crippen molar-refractivity contribution in [2.45, 2.75) is 37.7 Å². The van der Waals surface area contributed by atoms with Gasteiger partial charge in [-0.05, 0) is 49.4 Å². The minimum Gasteiger partial charge on any atom is -0.487 e. The van der Waals surface area contributed by atoms with Crippen molar-refractivity contribution < 1.29 is 4.74 Å². The van der Waals surface area contributed by atoms with Gasteiger partial charge in [-0.3, -0.25) is 4.98 Å². The molecule has 3 nitrogen and oxygen atoms in total. The Morgan fingerprint density at radius 1 is 1.00 bits per heavy atom. The van der Waals surface area contributed by atoms with E-state index in [1.165, 1.54) is 11.3 Å². The molecule has 1 spiro atoms. The molecule has 0 N–H and O–H groups in total. The van der Waals surface area contributed by atoms with Gasteiger partial charge in [0.05, 0.1) is 0 Å². The first kappa shape index (κ1) is 14.7. The largest absolute Gasteiger partial charge is 0.487 e. The number of ether oxygens (including phenoxy) is 1. The normalized spacial score (nSPS) is 20.0. The second kappa shape index (κ2) is 6.32. The lowest BCUT2D eigenvalue weighted by molar-refractivity contribution is -0.0142. The van der Waals surface area contributed by atoms with E-state index in [9.17, 15) is 0 Å². The molecule has 4 rings (SSSR count). The van der Waals surface area contributed by atoms with Crippen molar-refractivity contribution >= 4 is 0 Å². The lowest BCUT2D eigenvalue weighted by Gasteiger charge is -2.44. The molecule has 0 bridgehead atoms. The first-order chi connectivity index (χ1) is 11.3. The number of aromatic nitrogens is 1. The minimum absolute atomic E-state index is 0.0792. The van der Waals surface area contributed by atoms with Gasteiger partial charge in [-0.1, -0.05) is 24.3 Å². The van der Waals surface area contributed by atoms with Gasteiger partial charge >= 0.3 is 0 Å². The van der Waals surface area contributed by atoms with Gasteiger partial charge in [0.2, 0.25) is 0 Å². The zero-order valence-corrected chi connectivity index (χ0v) is 13.6. The quantitative estimate of drug-likeness (QED) is 0.868.